The average Bonchev–Trinajstić information content (AvgIpc) is 1.62. The molecule has 1 rings (SSSR count). The number of hydrogen-bond donors (Lipinski definition) is 0. The van der Waals surface area contributed by atoms with E-state index in [-0.39, 0.29) is 19.8 Å². The molecular formula is C6H12SSn. The Morgan fingerprint density at radius 1 is 1.00 bits per heavy atom. The van der Waals surface area contributed by atoms with Crippen LogP contribution < -0.4 is 0 Å². The van der Waals surface area contributed by atoms with E-state index in [1.54, 1.807) is 10.9 Å². The summed E-state index contributed by atoms with van der Waals surface area (Å²) in [7, 11) is 2.30. The van der Waals surface area contributed by atoms with E-state index in [9.17, 15) is 0 Å². The first-order valence-electron chi connectivity index (χ1n) is 3.35. The van der Waals surface area contributed by atoms with Crippen LogP contribution in [0.5, 0.6) is 0 Å². The molecule has 8 heavy (non-hydrogen) atoms. The second-order valence-corrected chi connectivity index (χ2v) is 9.51. The summed E-state index contributed by atoms with van der Waals surface area (Å²) < 4.78 is 1.63. The van der Waals surface area contributed by atoms with Gasteiger partial charge in [0.1, 0.15) is 0 Å². The Balaban J connectivity index is 2.00. The van der Waals surface area contributed by atoms with Crippen LogP contribution in [-0.4, -0.2) is 25.5 Å². The summed E-state index contributed by atoms with van der Waals surface area (Å²) in [6, 6.07) is 0. The molecule has 1 saturated heterocycles. The van der Waals surface area contributed by atoms with Crippen molar-refractivity contribution in [2.45, 2.75) is 30.1 Å². The van der Waals surface area contributed by atoms with Gasteiger partial charge >= 0.3 is 64.6 Å². The molecule has 2 radical (unpaired) electrons. The minimum atomic E-state index is 0.133. The number of rotatable bonds is 0. The summed E-state index contributed by atoms with van der Waals surface area (Å²) in [6.45, 7) is 0. The van der Waals surface area contributed by atoms with Crippen LogP contribution in [0.4, 0.5) is 0 Å². The van der Waals surface area contributed by atoms with E-state index < -0.39 is 0 Å². The van der Waals surface area contributed by atoms with Crippen molar-refractivity contribution in [3.8, 4) is 0 Å². The Bertz CT molecular complexity index is 32.5. The molecule has 46 valence electrons. The van der Waals surface area contributed by atoms with Gasteiger partial charge in [-0.2, -0.15) is 0 Å². The van der Waals surface area contributed by atoms with Crippen molar-refractivity contribution in [2.24, 2.45) is 0 Å². The quantitative estimate of drug-likeness (QED) is 0.580. The zero-order valence-corrected chi connectivity index (χ0v) is 8.82. The summed E-state index contributed by atoms with van der Waals surface area (Å²) in [5, 5.41) is 0. The Morgan fingerprint density at radius 3 is 2.88 bits per heavy atom. The van der Waals surface area contributed by atoms with Gasteiger partial charge in [-0.05, 0) is 0 Å². The van der Waals surface area contributed by atoms with E-state index in [1.165, 1.54) is 25.0 Å². The molecule has 2 heteroatoms. The van der Waals surface area contributed by atoms with Crippen LogP contribution in [0, 0.1) is 0 Å². The molecule has 1 heterocycles. The van der Waals surface area contributed by atoms with Crippen molar-refractivity contribution in [3.05, 3.63) is 0 Å². The Kier molecular flexibility index (Phi) is 4.51. The molecule has 0 saturated carbocycles. The van der Waals surface area contributed by atoms with Crippen molar-refractivity contribution >= 4 is 28.7 Å². The molecule has 0 spiro atoms. The summed E-state index contributed by atoms with van der Waals surface area (Å²) in [4.78, 5) is 0. The molecule has 1 aliphatic heterocycles. The molecule has 0 N–H and O–H groups in total. The zero-order valence-electron chi connectivity index (χ0n) is 5.15. The van der Waals surface area contributed by atoms with Crippen molar-refractivity contribution < 1.29 is 0 Å². The molecule has 0 atom stereocenters. The fraction of sp³-hybridized carbons (Fsp3) is 1.00. The van der Waals surface area contributed by atoms with E-state index in [1.807, 2.05) is 0 Å². The molecule has 0 aromatic rings. The van der Waals surface area contributed by atoms with E-state index >= 15 is 0 Å². The summed E-state index contributed by atoms with van der Waals surface area (Å²) in [6.07, 6.45) is 6.10. The average molecular weight is 235 g/mol. The van der Waals surface area contributed by atoms with Gasteiger partial charge in [0.05, 0.1) is 0 Å². The van der Waals surface area contributed by atoms with Gasteiger partial charge in [0.15, 0.2) is 0 Å². The zero-order chi connectivity index (χ0) is 5.66. The monoisotopic (exact) mass is 236 g/mol. The van der Waals surface area contributed by atoms with E-state index in [0.717, 1.165) is 0 Å². The molecule has 0 bridgehead atoms. The van der Waals surface area contributed by atoms with Gasteiger partial charge < -0.3 is 0 Å². The molecule has 0 aliphatic carbocycles. The van der Waals surface area contributed by atoms with Crippen LogP contribution in [0.15, 0.2) is 0 Å². The van der Waals surface area contributed by atoms with E-state index in [2.05, 4.69) is 8.95 Å². The van der Waals surface area contributed by atoms with E-state index in [4.69, 9.17) is 0 Å². The van der Waals surface area contributed by atoms with Crippen molar-refractivity contribution in [3.63, 3.8) is 0 Å². The summed E-state index contributed by atoms with van der Waals surface area (Å²) in [5.41, 5.74) is 0. The Morgan fingerprint density at radius 2 is 1.88 bits per heavy atom. The molecule has 0 aromatic carbocycles. The van der Waals surface area contributed by atoms with Gasteiger partial charge in [-0.1, -0.05) is 0 Å². The SMILES string of the molecule is C1CC[CH2][Sn][S]CC1. The molecule has 1 fully saturated rings. The Hall–Kier alpha value is 1.15. The van der Waals surface area contributed by atoms with Crippen LogP contribution in [0.2, 0.25) is 4.44 Å². The first kappa shape index (κ1) is 7.26. The fourth-order valence-corrected chi connectivity index (χ4v) is 7.31. The van der Waals surface area contributed by atoms with Crippen molar-refractivity contribution in [2.75, 3.05) is 5.75 Å². The van der Waals surface area contributed by atoms with Gasteiger partial charge in [-0.3, -0.25) is 0 Å². The topological polar surface area (TPSA) is 0 Å². The first-order chi connectivity index (χ1) is 4.00. The van der Waals surface area contributed by atoms with Gasteiger partial charge in [0, 0.05) is 0 Å². The van der Waals surface area contributed by atoms with Crippen LogP contribution in [0.1, 0.15) is 25.7 Å². The summed E-state index contributed by atoms with van der Waals surface area (Å²) >= 11 is 0.133. The van der Waals surface area contributed by atoms with Gasteiger partial charge in [-0.25, -0.2) is 0 Å². The van der Waals surface area contributed by atoms with Crippen LogP contribution in [-0.2, 0) is 0 Å². The maximum absolute atomic E-state index is 2.30. The van der Waals surface area contributed by atoms with Gasteiger partial charge in [0.25, 0.3) is 0 Å². The van der Waals surface area contributed by atoms with Crippen LogP contribution >= 0.6 is 8.95 Å². The molecule has 1 aliphatic rings. The van der Waals surface area contributed by atoms with Crippen molar-refractivity contribution in [1.82, 2.24) is 0 Å². The predicted octanol–water partition coefficient (Wildman–Crippen LogP) is 2.33. The van der Waals surface area contributed by atoms with Crippen LogP contribution in [0.3, 0.4) is 0 Å². The third kappa shape index (κ3) is 3.23. The molecule has 0 unspecified atom stereocenters. The minimum absolute atomic E-state index is 0.133. The molecule has 0 amide bonds. The van der Waals surface area contributed by atoms with E-state index in [0.29, 0.717) is 0 Å². The van der Waals surface area contributed by atoms with Crippen molar-refractivity contribution in [1.29, 1.82) is 0 Å². The van der Waals surface area contributed by atoms with Gasteiger partial charge in [-0.15, -0.1) is 0 Å². The van der Waals surface area contributed by atoms with Crippen LogP contribution in [0.25, 0.3) is 0 Å². The number of hydrogen-bond acceptors (Lipinski definition) is 1. The normalized spacial score (nSPS) is 24.0. The fourth-order valence-electron chi connectivity index (χ4n) is 0.869. The third-order valence-corrected chi connectivity index (χ3v) is 8.53. The second-order valence-electron chi connectivity index (χ2n) is 2.16. The standard InChI is InChI=1S/C6H13S.Sn/c1-2-3-4-5-6-7;/h7H,1-6H2;/q;+1/p-1. The maximum atomic E-state index is 2.30. The Labute approximate surface area is 64.5 Å². The second kappa shape index (κ2) is 4.98. The third-order valence-electron chi connectivity index (χ3n) is 1.38. The molecule has 0 aromatic heterocycles. The molecular weight excluding hydrogens is 223 g/mol. The molecule has 0 nitrogen and oxygen atoms in total. The summed E-state index contributed by atoms with van der Waals surface area (Å²) in [5.74, 6) is 1.49. The van der Waals surface area contributed by atoms with Gasteiger partial charge in [0.2, 0.25) is 0 Å². The first-order valence-corrected chi connectivity index (χ1v) is 9.85. The predicted molar refractivity (Wildman–Crippen MR) is 41.5 cm³/mol.